The van der Waals surface area contributed by atoms with Crippen LogP contribution >= 0.6 is 0 Å². The third-order valence-corrected chi connectivity index (χ3v) is 8.96. The predicted octanol–water partition coefficient (Wildman–Crippen LogP) is 10.2. The highest BCUT2D eigenvalue weighted by atomic mass is 15.0. The summed E-state index contributed by atoms with van der Waals surface area (Å²) in [7, 11) is 0. The molecule has 0 spiro atoms. The summed E-state index contributed by atoms with van der Waals surface area (Å²) in [5.41, 5.74) is 12.9. The molecule has 43 heavy (non-hydrogen) atoms. The molecule has 0 fully saturated rings. The lowest BCUT2D eigenvalue weighted by molar-refractivity contribution is 0.824. The smallest absolute Gasteiger partial charge is 0.146 e. The minimum Gasteiger partial charge on any atom is -0.295 e. The van der Waals surface area contributed by atoms with Crippen molar-refractivity contribution in [2.75, 3.05) is 0 Å². The molecule has 0 amide bonds. The third kappa shape index (κ3) is 3.75. The van der Waals surface area contributed by atoms with Crippen LogP contribution in [0.1, 0.15) is 29.2 Å². The molecule has 3 nitrogen and oxygen atoms in total. The van der Waals surface area contributed by atoms with Gasteiger partial charge >= 0.3 is 0 Å². The molecule has 9 rings (SSSR count). The Labute approximate surface area is 249 Å². The molecule has 1 atom stereocenters. The van der Waals surface area contributed by atoms with Crippen LogP contribution < -0.4 is 0 Å². The number of aromatic nitrogens is 2. The van der Waals surface area contributed by atoms with Crippen LogP contribution in [-0.2, 0) is 0 Å². The molecule has 7 aromatic rings. The van der Waals surface area contributed by atoms with Crippen LogP contribution in [0.3, 0.4) is 0 Å². The van der Waals surface area contributed by atoms with Crippen molar-refractivity contribution in [2.24, 2.45) is 4.99 Å². The Morgan fingerprint density at radius 3 is 2.30 bits per heavy atom. The van der Waals surface area contributed by atoms with E-state index in [2.05, 4.69) is 119 Å². The molecule has 0 saturated heterocycles. The van der Waals surface area contributed by atoms with Crippen molar-refractivity contribution in [3.8, 4) is 22.4 Å². The Morgan fingerprint density at radius 2 is 1.44 bits per heavy atom. The number of benzene rings is 5. The lowest BCUT2D eigenvalue weighted by atomic mass is 9.76. The molecule has 0 bridgehead atoms. The lowest BCUT2D eigenvalue weighted by Crippen LogP contribution is -2.13. The number of nitrogens with zero attached hydrogens (tertiary/aromatic N) is 3. The van der Waals surface area contributed by atoms with Gasteiger partial charge in [-0.15, -0.1) is 0 Å². The van der Waals surface area contributed by atoms with Gasteiger partial charge in [0.05, 0.1) is 22.6 Å². The van der Waals surface area contributed by atoms with E-state index >= 15 is 0 Å². The van der Waals surface area contributed by atoms with E-state index in [-0.39, 0.29) is 5.92 Å². The fourth-order valence-electron chi connectivity index (χ4n) is 6.95. The molecule has 202 valence electrons. The zero-order valence-electron chi connectivity index (χ0n) is 23.5. The zero-order chi connectivity index (χ0) is 28.3. The van der Waals surface area contributed by atoms with Crippen molar-refractivity contribution < 1.29 is 0 Å². The van der Waals surface area contributed by atoms with E-state index < -0.39 is 0 Å². The number of hydrogen-bond acceptors (Lipinski definition) is 2. The first-order chi connectivity index (χ1) is 21.3. The maximum absolute atomic E-state index is 5.42. The van der Waals surface area contributed by atoms with Crippen LogP contribution in [0.25, 0.3) is 55.3 Å². The van der Waals surface area contributed by atoms with E-state index in [1.54, 1.807) is 0 Å². The minimum atomic E-state index is 0.265. The first kappa shape index (κ1) is 24.1. The molecule has 0 radical (unpaired) electrons. The summed E-state index contributed by atoms with van der Waals surface area (Å²) < 4.78 is 2.46. The maximum atomic E-state index is 5.42. The summed E-state index contributed by atoms with van der Waals surface area (Å²) in [6.45, 7) is 0. The lowest BCUT2D eigenvalue weighted by Gasteiger charge is -2.29. The molecular formula is C40H27N3. The van der Waals surface area contributed by atoms with E-state index in [9.17, 15) is 0 Å². The third-order valence-electron chi connectivity index (χ3n) is 8.96. The molecule has 2 heterocycles. The molecule has 3 heteroatoms. The molecule has 2 aliphatic rings. The molecule has 0 aliphatic heterocycles. The van der Waals surface area contributed by atoms with Gasteiger partial charge in [0.25, 0.3) is 0 Å². The van der Waals surface area contributed by atoms with Crippen LogP contribution in [-0.4, -0.2) is 15.6 Å². The van der Waals surface area contributed by atoms with E-state index in [1.165, 1.54) is 55.2 Å². The van der Waals surface area contributed by atoms with Gasteiger partial charge in [-0.05, 0) is 57.8 Å². The molecule has 0 saturated carbocycles. The molecular weight excluding hydrogens is 522 g/mol. The van der Waals surface area contributed by atoms with E-state index in [1.807, 2.05) is 36.5 Å². The zero-order valence-corrected chi connectivity index (χ0v) is 23.5. The number of fused-ring (bicyclic) bond motifs is 13. The molecule has 1 unspecified atom stereocenters. The fraction of sp³-hybridized carbons (Fsp3) is 0.0500. The summed E-state index contributed by atoms with van der Waals surface area (Å²) in [5.74, 6) is 0.265. The second-order valence-corrected chi connectivity index (χ2v) is 11.4. The van der Waals surface area contributed by atoms with Gasteiger partial charge < -0.3 is 0 Å². The molecule has 0 N–H and O–H groups in total. The van der Waals surface area contributed by atoms with Gasteiger partial charge in [-0.1, -0.05) is 121 Å². The van der Waals surface area contributed by atoms with Crippen molar-refractivity contribution in [3.63, 3.8) is 0 Å². The first-order valence-corrected chi connectivity index (χ1v) is 14.9. The van der Waals surface area contributed by atoms with Gasteiger partial charge in [-0.3, -0.25) is 9.39 Å². The van der Waals surface area contributed by atoms with Crippen LogP contribution in [0.2, 0.25) is 0 Å². The highest BCUT2D eigenvalue weighted by molar-refractivity contribution is 6.13. The van der Waals surface area contributed by atoms with E-state index in [0.717, 1.165) is 29.0 Å². The number of hydrogen-bond donors (Lipinski definition) is 0. The summed E-state index contributed by atoms with van der Waals surface area (Å²) in [6.07, 6.45) is 9.70. The standard InChI is InChI=1S/C40H27N3/c1-2-10-29(11-3-1)41-25-26-18-20-27(21-19-26)28-22-23-33-32-14-6-9-17-36(32)40-42-38-34-15-7-4-12-30(34)31-13-5-8-16-35(31)39(38)43(40)37(33)24-28/h1-15,17-25,35H,16H2. The average Bonchev–Trinajstić information content (AvgIpc) is 3.50. The number of imidazole rings is 1. The van der Waals surface area contributed by atoms with Crippen LogP contribution in [0, 0.1) is 0 Å². The highest BCUT2D eigenvalue weighted by Gasteiger charge is 2.34. The van der Waals surface area contributed by atoms with Crippen molar-refractivity contribution in [3.05, 3.63) is 156 Å². The van der Waals surface area contributed by atoms with Gasteiger partial charge in [0.2, 0.25) is 0 Å². The maximum Gasteiger partial charge on any atom is 0.146 e. The van der Waals surface area contributed by atoms with E-state index in [4.69, 9.17) is 4.98 Å². The highest BCUT2D eigenvalue weighted by Crippen LogP contribution is 2.50. The van der Waals surface area contributed by atoms with Crippen molar-refractivity contribution >= 4 is 44.8 Å². The number of rotatable bonds is 3. The summed E-state index contributed by atoms with van der Waals surface area (Å²) in [5, 5.41) is 3.67. The summed E-state index contributed by atoms with van der Waals surface area (Å²) in [4.78, 5) is 10.0. The summed E-state index contributed by atoms with van der Waals surface area (Å²) in [6, 6.07) is 43.1. The van der Waals surface area contributed by atoms with Gasteiger partial charge in [0, 0.05) is 28.5 Å². The number of aliphatic imine (C=N–C) groups is 1. The number of pyridine rings is 1. The molecule has 2 aromatic heterocycles. The van der Waals surface area contributed by atoms with E-state index in [0.29, 0.717) is 0 Å². The Bertz CT molecular complexity index is 2300. The monoisotopic (exact) mass is 549 g/mol. The Morgan fingerprint density at radius 1 is 0.698 bits per heavy atom. The van der Waals surface area contributed by atoms with Crippen molar-refractivity contribution in [1.29, 1.82) is 0 Å². The summed E-state index contributed by atoms with van der Waals surface area (Å²) >= 11 is 0. The first-order valence-electron chi connectivity index (χ1n) is 14.9. The largest absolute Gasteiger partial charge is 0.295 e. The van der Waals surface area contributed by atoms with Crippen LogP contribution in [0.15, 0.2) is 145 Å². The SMILES string of the molecule is C1=CCC2C(=C1)c1ccccc1-c1nc3c4ccccc4c4ccc(-c5ccc(C=Nc6ccccc6)cc5)cc4n3c12. The van der Waals surface area contributed by atoms with Gasteiger partial charge in [0.1, 0.15) is 5.65 Å². The molecule has 2 aliphatic carbocycles. The Kier molecular flexibility index (Phi) is 5.32. The van der Waals surface area contributed by atoms with Crippen molar-refractivity contribution in [1.82, 2.24) is 9.38 Å². The topological polar surface area (TPSA) is 29.7 Å². The Balaban J connectivity index is 1.26. The number of para-hydroxylation sites is 1. The second kappa shape index (κ2) is 9.50. The van der Waals surface area contributed by atoms with Crippen LogP contribution in [0.4, 0.5) is 5.69 Å². The fourth-order valence-corrected chi connectivity index (χ4v) is 6.95. The van der Waals surface area contributed by atoms with Crippen molar-refractivity contribution in [2.45, 2.75) is 12.3 Å². The average molecular weight is 550 g/mol. The Hall–Kier alpha value is -5.54. The van der Waals surface area contributed by atoms with Gasteiger partial charge in [-0.25, -0.2) is 4.98 Å². The quantitative estimate of drug-likeness (QED) is 0.159. The van der Waals surface area contributed by atoms with Crippen LogP contribution in [0.5, 0.6) is 0 Å². The second-order valence-electron chi connectivity index (χ2n) is 11.4. The predicted molar refractivity (Wildman–Crippen MR) is 179 cm³/mol. The molecule has 5 aromatic carbocycles. The van der Waals surface area contributed by atoms with Gasteiger partial charge in [-0.2, -0.15) is 0 Å². The minimum absolute atomic E-state index is 0.265. The van der Waals surface area contributed by atoms with Gasteiger partial charge in [0.15, 0.2) is 0 Å². The number of allylic oxidation sites excluding steroid dienone is 4. The normalized spacial score (nSPS) is 15.5.